The lowest BCUT2D eigenvalue weighted by Gasteiger charge is -1.95. The van der Waals surface area contributed by atoms with Crippen molar-refractivity contribution in [3.05, 3.63) is 29.3 Å². The van der Waals surface area contributed by atoms with Gasteiger partial charge in [0, 0.05) is 5.56 Å². The van der Waals surface area contributed by atoms with Gasteiger partial charge in [-0.1, -0.05) is 0 Å². The molecule has 0 unspecified atom stereocenters. The van der Waals surface area contributed by atoms with Gasteiger partial charge in [-0.05, 0) is 18.2 Å². The molecule has 3 heteroatoms. The Labute approximate surface area is 63.3 Å². The minimum atomic E-state index is -0.106. The number of aldehydes is 2. The molecule has 0 spiro atoms. The number of phenolic OH excluding ortho intramolecular Hbond substituents is 1. The number of phenols is 1. The number of benzene rings is 1. The first-order chi connectivity index (χ1) is 5.27. The average molecular weight is 150 g/mol. The predicted molar refractivity (Wildman–Crippen MR) is 38.9 cm³/mol. The monoisotopic (exact) mass is 150 g/mol. The Kier molecular flexibility index (Phi) is 2.01. The number of carbonyl (C=O) groups excluding carboxylic acids is 2. The summed E-state index contributed by atoms with van der Waals surface area (Å²) in [6, 6.07) is 4.08. The van der Waals surface area contributed by atoms with Crippen LogP contribution in [0, 0.1) is 0 Å². The van der Waals surface area contributed by atoms with Gasteiger partial charge in [0.15, 0.2) is 6.29 Å². The molecule has 0 fully saturated rings. The van der Waals surface area contributed by atoms with Crippen molar-refractivity contribution in [2.45, 2.75) is 0 Å². The molecule has 1 N–H and O–H groups in total. The fourth-order valence-corrected chi connectivity index (χ4v) is 0.741. The van der Waals surface area contributed by atoms with Gasteiger partial charge in [0.1, 0.15) is 12.0 Å². The van der Waals surface area contributed by atoms with E-state index in [1.54, 1.807) is 0 Å². The van der Waals surface area contributed by atoms with Crippen LogP contribution in [0.15, 0.2) is 18.2 Å². The molecule has 0 saturated carbocycles. The van der Waals surface area contributed by atoms with Crippen LogP contribution in [-0.4, -0.2) is 17.7 Å². The molecule has 1 aromatic carbocycles. The maximum atomic E-state index is 10.2. The van der Waals surface area contributed by atoms with E-state index in [1.807, 2.05) is 0 Å². The summed E-state index contributed by atoms with van der Waals surface area (Å²) in [7, 11) is 0. The second-order valence-electron chi connectivity index (χ2n) is 2.05. The van der Waals surface area contributed by atoms with E-state index in [-0.39, 0.29) is 11.3 Å². The predicted octanol–water partition coefficient (Wildman–Crippen LogP) is 1.02. The zero-order valence-electron chi connectivity index (χ0n) is 5.65. The minimum Gasteiger partial charge on any atom is -0.507 e. The summed E-state index contributed by atoms with van der Waals surface area (Å²) in [5.74, 6) is -0.106. The van der Waals surface area contributed by atoms with Crippen LogP contribution in [-0.2, 0) is 0 Å². The summed E-state index contributed by atoms with van der Waals surface area (Å²) in [6.07, 6.45) is 1.12. The van der Waals surface area contributed by atoms with Crippen LogP contribution in [0.2, 0.25) is 0 Å². The fraction of sp³-hybridized carbons (Fsp3) is 0. The molecule has 56 valence electrons. The second kappa shape index (κ2) is 2.96. The van der Waals surface area contributed by atoms with Crippen molar-refractivity contribution in [3.8, 4) is 5.75 Å². The van der Waals surface area contributed by atoms with E-state index < -0.39 is 0 Å². The first-order valence-corrected chi connectivity index (χ1v) is 3.01. The summed E-state index contributed by atoms with van der Waals surface area (Å²) in [6.45, 7) is 0. The number of carbonyl (C=O) groups is 2. The topological polar surface area (TPSA) is 54.4 Å². The molecule has 0 amide bonds. The molecule has 0 atom stereocenters. The summed E-state index contributed by atoms with van der Waals surface area (Å²) < 4.78 is 0. The highest BCUT2D eigenvalue weighted by molar-refractivity contribution is 5.84. The van der Waals surface area contributed by atoms with Crippen LogP contribution in [0.25, 0.3) is 0 Å². The first-order valence-electron chi connectivity index (χ1n) is 3.01. The lowest BCUT2D eigenvalue weighted by Crippen LogP contribution is -1.85. The molecule has 0 aliphatic rings. The molecule has 0 heterocycles. The van der Waals surface area contributed by atoms with E-state index in [9.17, 15) is 9.59 Å². The van der Waals surface area contributed by atoms with Crippen LogP contribution in [0.3, 0.4) is 0 Å². The molecular weight excluding hydrogens is 144 g/mol. The van der Waals surface area contributed by atoms with E-state index in [0.717, 1.165) is 0 Å². The molecule has 1 rings (SSSR count). The second-order valence-corrected chi connectivity index (χ2v) is 2.05. The van der Waals surface area contributed by atoms with Gasteiger partial charge in [-0.25, -0.2) is 0 Å². The average Bonchev–Trinajstić information content (AvgIpc) is 2.05. The third-order valence-corrected chi connectivity index (χ3v) is 1.31. The van der Waals surface area contributed by atoms with Gasteiger partial charge < -0.3 is 5.11 Å². The summed E-state index contributed by atoms with van der Waals surface area (Å²) in [5.41, 5.74) is 0.513. The van der Waals surface area contributed by atoms with Crippen molar-refractivity contribution >= 4 is 12.6 Å². The molecule has 3 nitrogen and oxygen atoms in total. The quantitative estimate of drug-likeness (QED) is 0.640. The lowest BCUT2D eigenvalue weighted by molar-refractivity contribution is 0.112. The largest absolute Gasteiger partial charge is 0.507 e. The minimum absolute atomic E-state index is 0.106. The molecule has 0 aliphatic heterocycles. The Bertz CT molecular complexity index is 291. The normalized spacial score (nSPS) is 9.09. The van der Waals surface area contributed by atoms with Gasteiger partial charge in [-0.2, -0.15) is 0 Å². The van der Waals surface area contributed by atoms with Crippen LogP contribution in [0.5, 0.6) is 5.75 Å². The molecule has 0 bridgehead atoms. The molecule has 11 heavy (non-hydrogen) atoms. The van der Waals surface area contributed by atoms with Gasteiger partial charge in [-0.15, -0.1) is 0 Å². The van der Waals surface area contributed by atoms with Crippen LogP contribution in [0.4, 0.5) is 0 Å². The molecular formula is C8H6O3. The van der Waals surface area contributed by atoms with Gasteiger partial charge >= 0.3 is 0 Å². The Hall–Kier alpha value is -1.64. The van der Waals surface area contributed by atoms with E-state index in [1.165, 1.54) is 18.2 Å². The Morgan fingerprint density at radius 2 is 1.91 bits per heavy atom. The summed E-state index contributed by atoms with van der Waals surface area (Å²) in [5, 5.41) is 8.98. The highest BCUT2D eigenvalue weighted by Crippen LogP contribution is 2.14. The van der Waals surface area contributed by atoms with Crippen molar-refractivity contribution in [2.24, 2.45) is 0 Å². The van der Waals surface area contributed by atoms with E-state index >= 15 is 0 Å². The third-order valence-electron chi connectivity index (χ3n) is 1.31. The SMILES string of the molecule is O=Cc1ccc(O)c(C=O)c1. The smallest absolute Gasteiger partial charge is 0.153 e. The zero-order chi connectivity index (χ0) is 8.27. The van der Waals surface area contributed by atoms with Gasteiger partial charge in [0.05, 0.1) is 5.56 Å². The van der Waals surface area contributed by atoms with Crippen molar-refractivity contribution < 1.29 is 14.7 Å². The number of rotatable bonds is 2. The van der Waals surface area contributed by atoms with E-state index in [0.29, 0.717) is 18.1 Å². The Morgan fingerprint density at radius 3 is 2.45 bits per heavy atom. The molecule has 0 radical (unpaired) electrons. The summed E-state index contributed by atoms with van der Waals surface area (Å²) in [4.78, 5) is 20.4. The number of aromatic hydroxyl groups is 1. The fourth-order valence-electron chi connectivity index (χ4n) is 0.741. The van der Waals surface area contributed by atoms with Gasteiger partial charge in [0.25, 0.3) is 0 Å². The maximum absolute atomic E-state index is 10.2. The van der Waals surface area contributed by atoms with Crippen molar-refractivity contribution in [2.75, 3.05) is 0 Å². The Morgan fingerprint density at radius 1 is 1.18 bits per heavy atom. The van der Waals surface area contributed by atoms with Crippen LogP contribution in [0.1, 0.15) is 20.7 Å². The van der Waals surface area contributed by atoms with Crippen molar-refractivity contribution in [3.63, 3.8) is 0 Å². The lowest BCUT2D eigenvalue weighted by atomic mass is 10.1. The van der Waals surface area contributed by atoms with Crippen molar-refractivity contribution in [1.82, 2.24) is 0 Å². The first kappa shape index (κ1) is 7.47. The zero-order valence-corrected chi connectivity index (χ0v) is 5.65. The van der Waals surface area contributed by atoms with Gasteiger partial charge in [-0.3, -0.25) is 9.59 Å². The maximum Gasteiger partial charge on any atom is 0.153 e. The number of hydrogen-bond donors (Lipinski definition) is 1. The highest BCUT2D eigenvalue weighted by Gasteiger charge is 1.99. The standard InChI is InChI=1S/C8H6O3/c9-4-6-1-2-8(11)7(3-6)5-10/h1-5,11H. The van der Waals surface area contributed by atoms with Crippen LogP contribution >= 0.6 is 0 Å². The van der Waals surface area contributed by atoms with Crippen molar-refractivity contribution in [1.29, 1.82) is 0 Å². The van der Waals surface area contributed by atoms with E-state index in [4.69, 9.17) is 5.11 Å². The Balaban J connectivity index is 3.22. The van der Waals surface area contributed by atoms with Gasteiger partial charge in [0.2, 0.25) is 0 Å². The van der Waals surface area contributed by atoms with E-state index in [2.05, 4.69) is 0 Å². The molecule has 0 aromatic heterocycles. The molecule has 0 aliphatic carbocycles. The van der Waals surface area contributed by atoms with Crippen LogP contribution < -0.4 is 0 Å². The molecule has 0 saturated heterocycles. The summed E-state index contributed by atoms with van der Waals surface area (Å²) >= 11 is 0. The molecule has 1 aromatic rings. The number of hydrogen-bond acceptors (Lipinski definition) is 3. The highest BCUT2D eigenvalue weighted by atomic mass is 16.3. The third kappa shape index (κ3) is 1.43.